The molecule has 0 aromatic heterocycles. The fourth-order valence-electron chi connectivity index (χ4n) is 3.02. The van der Waals surface area contributed by atoms with Gasteiger partial charge < -0.3 is 5.11 Å². The summed E-state index contributed by atoms with van der Waals surface area (Å²) in [6, 6.07) is 0. The molecule has 1 aliphatic heterocycles. The van der Waals surface area contributed by atoms with Gasteiger partial charge in [0.25, 0.3) is 0 Å². The Hall–Kier alpha value is -0.0800. The molecule has 2 rings (SSSR count). The summed E-state index contributed by atoms with van der Waals surface area (Å²) in [7, 11) is 0. The molecule has 2 fully saturated rings. The molecule has 2 heteroatoms. The van der Waals surface area contributed by atoms with Crippen molar-refractivity contribution in [2.45, 2.75) is 52.0 Å². The van der Waals surface area contributed by atoms with E-state index in [1.165, 1.54) is 38.8 Å². The predicted molar refractivity (Wildman–Crippen MR) is 62.8 cm³/mol. The summed E-state index contributed by atoms with van der Waals surface area (Å²) in [5, 5.41) is 9.60. The number of nitrogens with zero attached hydrogens (tertiary/aromatic N) is 1. The molecule has 0 unspecified atom stereocenters. The van der Waals surface area contributed by atoms with Crippen LogP contribution in [-0.4, -0.2) is 35.2 Å². The third-order valence-electron chi connectivity index (χ3n) is 4.61. The summed E-state index contributed by atoms with van der Waals surface area (Å²) in [4.78, 5) is 2.54. The van der Waals surface area contributed by atoms with Gasteiger partial charge in [0.15, 0.2) is 0 Å². The molecule has 0 spiro atoms. The zero-order chi connectivity index (χ0) is 11.1. The SMILES string of the molecule is CC(C)(C)C1CN(C2(CO)CCCC2)C1. The lowest BCUT2D eigenvalue weighted by Gasteiger charge is -2.54. The van der Waals surface area contributed by atoms with Crippen LogP contribution in [0.4, 0.5) is 0 Å². The molecule has 1 N–H and O–H groups in total. The molecule has 0 aromatic carbocycles. The van der Waals surface area contributed by atoms with Crippen molar-refractivity contribution in [1.82, 2.24) is 4.90 Å². The lowest BCUT2D eigenvalue weighted by atomic mass is 9.73. The maximum atomic E-state index is 9.60. The standard InChI is InChI=1S/C13H25NO/c1-12(2,3)11-8-14(9-11)13(10-15)6-4-5-7-13/h11,15H,4-10H2,1-3H3. The lowest BCUT2D eigenvalue weighted by molar-refractivity contribution is -0.0751. The quantitative estimate of drug-likeness (QED) is 0.757. The van der Waals surface area contributed by atoms with Gasteiger partial charge >= 0.3 is 0 Å². The van der Waals surface area contributed by atoms with E-state index in [2.05, 4.69) is 25.7 Å². The first-order chi connectivity index (χ1) is 6.98. The maximum absolute atomic E-state index is 9.60. The second kappa shape index (κ2) is 3.74. The average molecular weight is 211 g/mol. The Kier molecular flexibility index (Phi) is 2.85. The van der Waals surface area contributed by atoms with E-state index in [1.54, 1.807) is 0 Å². The smallest absolute Gasteiger partial charge is 0.0615 e. The molecule has 0 radical (unpaired) electrons. The summed E-state index contributed by atoms with van der Waals surface area (Å²) >= 11 is 0. The van der Waals surface area contributed by atoms with E-state index in [0.29, 0.717) is 12.0 Å². The first-order valence-corrected chi connectivity index (χ1v) is 6.34. The normalized spacial score (nSPS) is 28.0. The first kappa shape index (κ1) is 11.4. The minimum absolute atomic E-state index is 0.168. The van der Waals surface area contributed by atoms with Crippen molar-refractivity contribution in [2.24, 2.45) is 11.3 Å². The maximum Gasteiger partial charge on any atom is 0.0615 e. The number of hydrogen-bond donors (Lipinski definition) is 1. The van der Waals surface area contributed by atoms with Gasteiger partial charge in [-0.15, -0.1) is 0 Å². The molecular formula is C13H25NO. The van der Waals surface area contributed by atoms with Crippen LogP contribution in [-0.2, 0) is 0 Å². The Morgan fingerprint density at radius 2 is 1.73 bits per heavy atom. The van der Waals surface area contributed by atoms with Crippen LogP contribution in [0, 0.1) is 11.3 Å². The number of likely N-dealkylation sites (tertiary alicyclic amines) is 1. The molecule has 0 amide bonds. The molecule has 1 aliphatic carbocycles. The van der Waals surface area contributed by atoms with Gasteiger partial charge in [0.1, 0.15) is 0 Å². The van der Waals surface area contributed by atoms with E-state index in [0.717, 1.165) is 5.92 Å². The van der Waals surface area contributed by atoms with Gasteiger partial charge in [0, 0.05) is 18.6 Å². The third kappa shape index (κ3) is 1.94. The van der Waals surface area contributed by atoms with Crippen molar-refractivity contribution in [3.63, 3.8) is 0 Å². The summed E-state index contributed by atoms with van der Waals surface area (Å²) in [6.07, 6.45) is 5.02. The second-order valence-electron chi connectivity index (χ2n) is 6.56. The molecule has 1 saturated heterocycles. The van der Waals surface area contributed by atoms with Crippen LogP contribution >= 0.6 is 0 Å². The third-order valence-corrected chi connectivity index (χ3v) is 4.61. The van der Waals surface area contributed by atoms with E-state index in [1.807, 2.05) is 0 Å². The molecule has 0 atom stereocenters. The van der Waals surface area contributed by atoms with Gasteiger partial charge in [-0.2, -0.15) is 0 Å². The summed E-state index contributed by atoms with van der Waals surface area (Å²) < 4.78 is 0. The molecule has 88 valence electrons. The molecule has 1 heterocycles. The van der Waals surface area contributed by atoms with Gasteiger partial charge in [0.2, 0.25) is 0 Å². The van der Waals surface area contributed by atoms with Gasteiger partial charge in [-0.1, -0.05) is 33.6 Å². The van der Waals surface area contributed by atoms with E-state index in [9.17, 15) is 5.11 Å². The summed E-state index contributed by atoms with van der Waals surface area (Å²) in [5.41, 5.74) is 0.605. The van der Waals surface area contributed by atoms with Crippen LogP contribution in [0.1, 0.15) is 46.5 Å². The highest BCUT2D eigenvalue weighted by atomic mass is 16.3. The number of rotatable bonds is 2. The van der Waals surface area contributed by atoms with Gasteiger partial charge in [-0.25, -0.2) is 0 Å². The number of aliphatic hydroxyl groups is 1. The molecular weight excluding hydrogens is 186 g/mol. The van der Waals surface area contributed by atoms with Gasteiger partial charge in [0.05, 0.1) is 6.61 Å². The van der Waals surface area contributed by atoms with Crippen molar-refractivity contribution in [3.05, 3.63) is 0 Å². The van der Waals surface area contributed by atoms with E-state index < -0.39 is 0 Å². The highest BCUT2D eigenvalue weighted by Gasteiger charge is 2.47. The van der Waals surface area contributed by atoms with Crippen molar-refractivity contribution >= 4 is 0 Å². The lowest BCUT2D eigenvalue weighted by Crippen LogP contribution is -2.62. The summed E-state index contributed by atoms with van der Waals surface area (Å²) in [5.74, 6) is 0.821. The van der Waals surface area contributed by atoms with Crippen LogP contribution in [0.15, 0.2) is 0 Å². The molecule has 2 aliphatic rings. The minimum Gasteiger partial charge on any atom is -0.394 e. The van der Waals surface area contributed by atoms with Gasteiger partial charge in [-0.3, -0.25) is 4.90 Å². The largest absolute Gasteiger partial charge is 0.394 e. The van der Waals surface area contributed by atoms with Crippen molar-refractivity contribution in [3.8, 4) is 0 Å². The number of hydrogen-bond acceptors (Lipinski definition) is 2. The molecule has 0 bridgehead atoms. The fraction of sp³-hybridized carbons (Fsp3) is 1.00. The number of aliphatic hydroxyl groups excluding tert-OH is 1. The van der Waals surface area contributed by atoms with E-state index in [4.69, 9.17) is 0 Å². The zero-order valence-electron chi connectivity index (χ0n) is 10.4. The topological polar surface area (TPSA) is 23.5 Å². The Morgan fingerprint density at radius 3 is 2.13 bits per heavy atom. The molecule has 2 nitrogen and oxygen atoms in total. The van der Waals surface area contributed by atoms with Crippen molar-refractivity contribution in [1.29, 1.82) is 0 Å². The Labute approximate surface area is 93.7 Å². The molecule has 15 heavy (non-hydrogen) atoms. The Bertz CT molecular complexity index is 219. The van der Waals surface area contributed by atoms with Crippen molar-refractivity contribution < 1.29 is 5.11 Å². The Morgan fingerprint density at radius 1 is 1.20 bits per heavy atom. The molecule has 0 aromatic rings. The van der Waals surface area contributed by atoms with Gasteiger partial charge in [-0.05, 0) is 24.2 Å². The highest BCUT2D eigenvalue weighted by Crippen LogP contribution is 2.43. The average Bonchev–Trinajstić information content (AvgIpc) is 2.48. The van der Waals surface area contributed by atoms with Crippen LogP contribution in [0.25, 0.3) is 0 Å². The summed E-state index contributed by atoms with van der Waals surface area (Å²) in [6.45, 7) is 9.75. The highest BCUT2D eigenvalue weighted by molar-refractivity contribution is 5.01. The van der Waals surface area contributed by atoms with Crippen LogP contribution < -0.4 is 0 Å². The van der Waals surface area contributed by atoms with E-state index in [-0.39, 0.29) is 5.54 Å². The monoisotopic (exact) mass is 211 g/mol. The fourth-order valence-corrected chi connectivity index (χ4v) is 3.02. The van der Waals surface area contributed by atoms with Crippen molar-refractivity contribution in [2.75, 3.05) is 19.7 Å². The van der Waals surface area contributed by atoms with Crippen LogP contribution in [0.5, 0.6) is 0 Å². The van der Waals surface area contributed by atoms with E-state index >= 15 is 0 Å². The minimum atomic E-state index is 0.168. The van der Waals surface area contributed by atoms with Crippen LogP contribution in [0.3, 0.4) is 0 Å². The zero-order valence-corrected chi connectivity index (χ0v) is 10.4. The second-order valence-corrected chi connectivity index (χ2v) is 6.56. The molecule has 1 saturated carbocycles. The predicted octanol–water partition coefficient (Wildman–Crippen LogP) is 2.27. The van der Waals surface area contributed by atoms with Crippen LogP contribution in [0.2, 0.25) is 0 Å². The first-order valence-electron chi connectivity index (χ1n) is 6.34. The Balaban J connectivity index is 1.93.